The van der Waals surface area contributed by atoms with Crippen molar-refractivity contribution in [3.63, 3.8) is 0 Å². The molecular weight excluding hydrogens is 230 g/mol. The third-order valence-corrected chi connectivity index (χ3v) is 2.81. The predicted molar refractivity (Wildman–Crippen MR) is 69.3 cm³/mol. The number of hydrogen-bond donors (Lipinski definition) is 3. The van der Waals surface area contributed by atoms with E-state index in [1.807, 2.05) is 31.2 Å². The lowest BCUT2D eigenvalue weighted by atomic mass is 10.1. The van der Waals surface area contributed by atoms with Crippen LogP contribution in [0.5, 0.6) is 5.75 Å². The molecule has 1 unspecified atom stereocenters. The molecule has 0 radical (unpaired) electrons. The number of benzene rings is 1. The Morgan fingerprint density at radius 3 is 2.61 bits per heavy atom. The van der Waals surface area contributed by atoms with Gasteiger partial charge >= 0.3 is 0 Å². The van der Waals surface area contributed by atoms with E-state index in [9.17, 15) is 0 Å². The monoisotopic (exact) mass is 247 g/mol. The standard InChI is InChI=1S/C13H17N3O2/c1-8-12(16-13(15-8)11(14)7-17)9-3-5-10(18-2)6-4-9/h3-6,11,17H,7,14H2,1-2H3,(H,15,16). The molecule has 1 heterocycles. The quantitative estimate of drug-likeness (QED) is 0.762. The zero-order valence-electron chi connectivity index (χ0n) is 10.5. The van der Waals surface area contributed by atoms with E-state index in [2.05, 4.69) is 9.97 Å². The van der Waals surface area contributed by atoms with E-state index in [0.717, 1.165) is 22.7 Å². The number of H-pyrrole nitrogens is 1. The second kappa shape index (κ2) is 5.20. The molecule has 2 aromatic rings. The van der Waals surface area contributed by atoms with Gasteiger partial charge < -0.3 is 20.6 Å². The fraction of sp³-hybridized carbons (Fsp3) is 0.308. The van der Waals surface area contributed by atoms with Crippen molar-refractivity contribution >= 4 is 0 Å². The number of methoxy groups -OCH3 is 1. The Labute approximate surface area is 106 Å². The molecule has 0 spiro atoms. The van der Waals surface area contributed by atoms with Gasteiger partial charge in [-0.05, 0) is 31.2 Å². The average Bonchev–Trinajstić information content (AvgIpc) is 2.80. The first-order valence-electron chi connectivity index (χ1n) is 5.73. The molecular formula is C13H17N3O2. The summed E-state index contributed by atoms with van der Waals surface area (Å²) in [4.78, 5) is 7.52. The Morgan fingerprint density at radius 2 is 2.06 bits per heavy atom. The number of aromatic nitrogens is 2. The normalized spacial score (nSPS) is 12.4. The summed E-state index contributed by atoms with van der Waals surface area (Å²) in [5.41, 5.74) is 8.50. The third kappa shape index (κ3) is 2.37. The predicted octanol–water partition coefficient (Wildman–Crippen LogP) is 1.39. The van der Waals surface area contributed by atoms with Gasteiger partial charge in [0.05, 0.1) is 25.5 Å². The van der Waals surface area contributed by atoms with Crippen molar-refractivity contribution in [3.8, 4) is 17.0 Å². The van der Waals surface area contributed by atoms with Gasteiger partial charge in [0, 0.05) is 11.3 Å². The Bertz CT molecular complexity index is 520. The van der Waals surface area contributed by atoms with Crippen molar-refractivity contribution in [2.75, 3.05) is 13.7 Å². The van der Waals surface area contributed by atoms with E-state index in [-0.39, 0.29) is 6.61 Å². The lowest BCUT2D eigenvalue weighted by Crippen LogP contribution is -2.16. The van der Waals surface area contributed by atoms with Crippen LogP contribution in [-0.2, 0) is 0 Å². The number of aromatic amines is 1. The molecule has 4 N–H and O–H groups in total. The molecule has 0 aliphatic heterocycles. The summed E-state index contributed by atoms with van der Waals surface area (Å²) in [5, 5.41) is 9.03. The molecule has 0 bridgehead atoms. The smallest absolute Gasteiger partial charge is 0.126 e. The van der Waals surface area contributed by atoms with Crippen molar-refractivity contribution < 1.29 is 9.84 Å². The molecule has 5 heteroatoms. The van der Waals surface area contributed by atoms with Crippen molar-refractivity contribution in [1.82, 2.24) is 9.97 Å². The number of aliphatic hydroxyl groups is 1. The van der Waals surface area contributed by atoms with E-state index in [0.29, 0.717) is 5.82 Å². The molecule has 1 atom stereocenters. The molecule has 1 aromatic heterocycles. The topological polar surface area (TPSA) is 84.2 Å². The van der Waals surface area contributed by atoms with Crippen molar-refractivity contribution in [3.05, 3.63) is 35.8 Å². The number of nitrogens with zero attached hydrogens (tertiary/aromatic N) is 1. The molecule has 0 saturated heterocycles. The van der Waals surface area contributed by atoms with E-state index in [1.54, 1.807) is 7.11 Å². The second-order valence-electron chi connectivity index (χ2n) is 4.11. The zero-order chi connectivity index (χ0) is 13.1. The van der Waals surface area contributed by atoms with E-state index >= 15 is 0 Å². The summed E-state index contributed by atoms with van der Waals surface area (Å²) in [6.45, 7) is 1.80. The van der Waals surface area contributed by atoms with Crippen LogP contribution in [-0.4, -0.2) is 28.8 Å². The number of nitrogens with one attached hydrogen (secondary N) is 1. The first kappa shape index (κ1) is 12.6. The van der Waals surface area contributed by atoms with Crippen LogP contribution >= 0.6 is 0 Å². The summed E-state index contributed by atoms with van der Waals surface area (Å²) in [7, 11) is 1.63. The van der Waals surface area contributed by atoms with Gasteiger partial charge in [-0.15, -0.1) is 0 Å². The second-order valence-corrected chi connectivity index (χ2v) is 4.11. The summed E-state index contributed by atoms with van der Waals surface area (Å²) >= 11 is 0. The van der Waals surface area contributed by atoms with Gasteiger partial charge in [-0.25, -0.2) is 4.98 Å². The highest BCUT2D eigenvalue weighted by Gasteiger charge is 2.13. The SMILES string of the molecule is COc1ccc(-c2nc(C(N)CO)[nH]c2C)cc1. The molecule has 5 nitrogen and oxygen atoms in total. The van der Waals surface area contributed by atoms with Gasteiger partial charge in [0.2, 0.25) is 0 Å². The van der Waals surface area contributed by atoms with Crippen LogP contribution in [0.25, 0.3) is 11.3 Å². The zero-order valence-corrected chi connectivity index (χ0v) is 10.5. The number of aryl methyl sites for hydroxylation is 1. The van der Waals surface area contributed by atoms with Crippen LogP contribution in [0.1, 0.15) is 17.6 Å². The molecule has 0 aliphatic rings. The van der Waals surface area contributed by atoms with Crippen molar-refractivity contribution in [1.29, 1.82) is 0 Å². The third-order valence-electron chi connectivity index (χ3n) is 2.81. The lowest BCUT2D eigenvalue weighted by Gasteiger charge is -2.03. The number of aliphatic hydroxyl groups excluding tert-OH is 1. The van der Waals surface area contributed by atoms with Crippen LogP contribution in [0.2, 0.25) is 0 Å². The minimum atomic E-state index is -0.476. The highest BCUT2D eigenvalue weighted by Crippen LogP contribution is 2.24. The molecule has 0 aliphatic carbocycles. The van der Waals surface area contributed by atoms with Crippen molar-refractivity contribution in [2.24, 2.45) is 5.73 Å². The van der Waals surface area contributed by atoms with Crippen LogP contribution in [0.4, 0.5) is 0 Å². The maximum Gasteiger partial charge on any atom is 0.126 e. The van der Waals surface area contributed by atoms with Gasteiger partial charge in [0.25, 0.3) is 0 Å². The largest absolute Gasteiger partial charge is 0.497 e. The van der Waals surface area contributed by atoms with E-state index < -0.39 is 6.04 Å². The highest BCUT2D eigenvalue weighted by atomic mass is 16.5. The number of nitrogens with two attached hydrogens (primary N) is 1. The molecule has 0 fully saturated rings. The fourth-order valence-corrected chi connectivity index (χ4v) is 1.78. The summed E-state index contributed by atoms with van der Waals surface area (Å²) < 4.78 is 5.11. The Kier molecular flexibility index (Phi) is 3.64. The van der Waals surface area contributed by atoms with Gasteiger partial charge in [-0.1, -0.05) is 0 Å². The Hall–Kier alpha value is -1.85. The summed E-state index contributed by atoms with van der Waals surface area (Å²) in [5.74, 6) is 1.40. The number of ether oxygens (including phenoxy) is 1. The van der Waals surface area contributed by atoms with Crippen molar-refractivity contribution in [2.45, 2.75) is 13.0 Å². The molecule has 96 valence electrons. The van der Waals surface area contributed by atoms with Gasteiger partial charge in [0.1, 0.15) is 11.6 Å². The first-order chi connectivity index (χ1) is 8.65. The number of rotatable bonds is 4. The molecule has 0 saturated carbocycles. The minimum absolute atomic E-state index is 0.130. The van der Waals surface area contributed by atoms with Gasteiger partial charge in [-0.3, -0.25) is 0 Å². The van der Waals surface area contributed by atoms with E-state index in [4.69, 9.17) is 15.6 Å². The molecule has 2 rings (SSSR count). The fourth-order valence-electron chi connectivity index (χ4n) is 1.78. The lowest BCUT2D eigenvalue weighted by molar-refractivity contribution is 0.264. The van der Waals surface area contributed by atoms with Crippen LogP contribution in [0.15, 0.2) is 24.3 Å². The van der Waals surface area contributed by atoms with Crippen LogP contribution in [0.3, 0.4) is 0 Å². The highest BCUT2D eigenvalue weighted by molar-refractivity contribution is 5.62. The van der Waals surface area contributed by atoms with E-state index in [1.165, 1.54) is 0 Å². The first-order valence-corrected chi connectivity index (χ1v) is 5.73. The maximum absolute atomic E-state index is 9.03. The number of imidazole rings is 1. The molecule has 18 heavy (non-hydrogen) atoms. The summed E-state index contributed by atoms with van der Waals surface area (Å²) in [6, 6.07) is 7.17. The number of hydrogen-bond acceptors (Lipinski definition) is 4. The maximum atomic E-state index is 9.03. The Morgan fingerprint density at radius 1 is 1.39 bits per heavy atom. The molecule has 0 amide bonds. The average molecular weight is 247 g/mol. The van der Waals surface area contributed by atoms with Crippen LogP contribution in [0, 0.1) is 6.92 Å². The van der Waals surface area contributed by atoms with Gasteiger partial charge in [-0.2, -0.15) is 0 Å². The summed E-state index contributed by atoms with van der Waals surface area (Å²) in [6.07, 6.45) is 0. The van der Waals surface area contributed by atoms with Gasteiger partial charge in [0.15, 0.2) is 0 Å². The van der Waals surface area contributed by atoms with Crippen LogP contribution < -0.4 is 10.5 Å². The Balaban J connectivity index is 2.34. The molecule has 1 aromatic carbocycles. The minimum Gasteiger partial charge on any atom is -0.497 e.